The number of piperidine rings is 1. The van der Waals surface area contributed by atoms with E-state index in [0.717, 1.165) is 37.4 Å². The molecular weight excluding hydrogens is 272 g/mol. The molecule has 0 bridgehead atoms. The highest BCUT2D eigenvalue weighted by Gasteiger charge is 2.22. The van der Waals surface area contributed by atoms with E-state index in [2.05, 4.69) is 41.3 Å². The lowest BCUT2D eigenvalue weighted by Crippen LogP contribution is -2.33. The first kappa shape index (κ1) is 14.5. The number of hydrogen-bond donors (Lipinski definition) is 0. The third kappa shape index (κ3) is 2.92. The molecular formula is C19H20N2O. The Labute approximate surface area is 131 Å². The van der Waals surface area contributed by atoms with Crippen molar-refractivity contribution in [3.63, 3.8) is 0 Å². The van der Waals surface area contributed by atoms with Crippen molar-refractivity contribution in [2.75, 3.05) is 25.1 Å². The number of rotatable bonds is 3. The minimum Gasteiger partial charge on any atom is -0.497 e. The molecule has 1 heterocycles. The second kappa shape index (κ2) is 6.53. The number of benzene rings is 2. The van der Waals surface area contributed by atoms with Crippen molar-refractivity contribution >= 4 is 5.69 Å². The quantitative estimate of drug-likeness (QED) is 0.859. The Morgan fingerprint density at radius 1 is 1.09 bits per heavy atom. The van der Waals surface area contributed by atoms with Gasteiger partial charge in [-0.3, -0.25) is 0 Å². The number of nitriles is 1. The second-order valence-electron chi connectivity index (χ2n) is 5.67. The molecule has 112 valence electrons. The average Bonchev–Trinajstić information content (AvgIpc) is 2.62. The van der Waals surface area contributed by atoms with E-state index in [1.165, 1.54) is 5.56 Å². The fraction of sp³-hybridized carbons (Fsp3) is 0.316. The fourth-order valence-electron chi connectivity index (χ4n) is 3.19. The zero-order valence-corrected chi connectivity index (χ0v) is 12.8. The van der Waals surface area contributed by atoms with E-state index in [-0.39, 0.29) is 0 Å². The predicted molar refractivity (Wildman–Crippen MR) is 88.3 cm³/mol. The van der Waals surface area contributed by atoms with Crippen LogP contribution in [-0.2, 0) is 0 Å². The molecule has 3 heteroatoms. The molecule has 0 amide bonds. The van der Waals surface area contributed by atoms with Crippen LogP contribution in [0.2, 0.25) is 0 Å². The molecule has 1 fully saturated rings. The summed E-state index contributed by atoms with van der Waals surface area (Å²) in [6.07, 6.45) is 2.25. The van der Waals surface area contributed by atoms with E-state index >= 15 is 0 Å². The third-order valence-corrected chi connectivity index (χ3v) is 4.43. The Morgan fingerprint density at radius 2 is 1.82 bits per heavy atom. The highest BCUT2D eigenvalue weighted by molar-refractivity contribution is 5.62. The SMILES string of the molecule is COc1ccc(N2CCC(c3ccccc3)CC2)c(C#N)c1. The maximum absolute atomic E-state index is 9.37. The van der Waals surface area contributed by atoms with E-state index in [4.69, 9.17) is 4.74 Å². The van der Waals surface area contributed by atoms with Gasteiger partial charge in [-0.1, -0.05) is 30.3 Å². The number of hydrogen-bond acceptors (Lipinski definition) is 3. The summed E-state index contributed by atoms with van der Waals surface area (Å²) in [6.45, 7) is 1.97. The molecule has 1 saturated heterocycles. The van der Waals surface area contributed by atoms with Crippen LogP contribution in [0.1, 0.15) is 29.9 Å². The van der Waals surface area contributed by atoms with Crippen molar-refractivity contribution in [1.82, 2.24) is 0 Å². The van der Waals surface area contributed by atoms with Crippen LogP contribution in [0.15, 0.2) is 48.5 Å². The first-order chi connectivity index (χ1) is 10.8. The van der Waals surface area contributed by atoms with E-state index < -0.39 is 0 Å². The monoisotopic (exact) mass is 292 g/mol. The van der Waals surface area contributed by atoms with Gasteiger partial charge >= 0.3 is 0 Å². The molecule has 1 aliphatic heterocycles. The van der Waals surface area contributed by atoms with Crippen LogP contribution in [-0.4, -0.2) is 20.2 Å². The van der Waals surface area contributed by atoms with Gasteiger partial charge in [-0.25, -0.2) is 0 Å². The van der Waals surface area contributed by atoms with Gasteiger partial charge in [0.05, 0.1) is 18.4 Å². The average molecular weight is 292 g/mol. The molecule has 3 nitrogen and oxygen atoms in total. The van der Waals surface area contributed by atoms with Gasteiger partial charge in [0.1, 0.15) is 11.8 Å². The van der Waals surface area contributed by atoms with Gasteiger partial charge in [0, 0.05) is 13.1 Å². The molecule has 0 aliphatic carbocycles. The Kier molecular flexibility index (Phi) is 4.29. The van der Waals surface area contributed by atoms with Crippen molar-refractivity contribution < 1.29 is 4.74 Å². The number of ether oxygens (including phenoxy) is 1. The van der Waals surface area contributed by atoms with Gasteiger partial charge < -0.3 is 9.64 Å². The van der Waals surface area contributed by atoms with Gasteiger partial charge in [0.2, 0.25) is 0 Å². The van der Waals surface area contributed by atoms with Crippen molar-refractivity contribution in [3.8, 4) is 11.8 Å². The van der Waals surface area contributed by atoms with Crippen molar-refractivity contribution in [1.29, 1.82) is 5.26 Å². The first-order valence-electron chi connectivity index (χ1n) is 7.70. The third-order valence-electron chi connectivity index (χ3n) is 4.43. The molecule has 2 aromatic rings. The summed E-state index contributed by atoms with van der Waals surface area (Å²) in [6, 6.07) is 18.8. The fourth-order valence-corrected chi connectivity index (χ4v) is 3.19. The Morgan fingerprint density at radius 3 is 2.45 bits per heavy atom. The normalized spacial score (nSPS) is 15.4. The van der Waals surface area contributed by atoms with E-state index in [9.17, 15) is 5.26 Å². The Bertz CT molecular complexity index is 668. The maximum Gasteiger partial charge on any atom is 0.120 e. The minimum absolute atomic E-state index is 0.626. The van der Waals surface area contributed by atoms with Gasteiger partial charge in [-0.15, -0.1) is 0 Å². The molecule has 0 radical (unpaired) electrons. The minimum atomic E-state index is 0.626. The van der Waals surface area contributed by atoms with E-state index in [0.29, 0.717) is 11.5 Å². The highest BCUT2D eigenvalue weighted by Crippen LogP contribution is 2.32. The summed E-state index contributed by atoms with van der Waals surface area (Å²) in [5.74, 6) is 1.36. The summed E-state index contributed by atoms with van der Waals surface area (Å²) in [4.78, 5) is 2.32. The van der Waals surface area contributed by atoms with Gasteiger partial charge in [-0.05, 0) is 42.5 Å². The Hall–Kier alpha value is -2.47. The molecule has 0 atom stereocenters. The van der Waals surface area contributed by atoms with Crippen molar-refractivity contribution in [2.45, 2.75) is 18.8 Å². The van der Waals surface area contributed by atoms with Crippen LogP contribution in [0, 0.1) is 11.3 Å². The van der Waals surface area contributed by atoms with Gasteiger partial charge in [0.25, 0.3) is 0 Å². The van der Waals surface area contributed by atoms with Crippen molar-refractivity contribution in [3.05, 3.63) is 59.7 Å². The lowest BCUT2D eigenvalue weighted by molar-refractivity contribution is 0.414. The van der Waals surface area contributed by atoms with Crippen LogP contribution < -0.4 is 9.64 Å². The zero-order chi connectivity index (χ0) is 15.4. The van der Waals surface area contributed by atoms with Crippen molar-refractivity contribution in [2.24, 2.45) is 0 Å². The molecule has 0 saturated carbocycles. The van der Waals surface area contributed by atoms with Crippen LogP contribution in [0.25, 0.3) is 0 Å². The topological polar surface area (TPSA) is 36.3 Å². The molecule has 2 aromatic carbocycles. The predicted octanol–water partition coefficient (Wildman–Crippen LogP) is 3.95. The summed E-state index contributed by atoms with van der Waals surface area (Å²) in [5.41, 5.74) is 3.14. The van der Waals surface area contributed by atoms with Gasteiger partial charge in [-0.2, -0.15) is 5.26 Å². The molecule has 1 aliphatic rings. The lowest BCUT2D eigenvalue weighted by Gasteiger charge is -2.34. The summed E-state index contributed by atoms with van der Waals surface area (Å²) < 4.78 is 5.20. The zero-order valence-electron chi connectivity index (χ0n) is 12.8. The smallest absolute Gasteiger partial charge is 0.120 e. The number of nitrogens with zero attached hydrogens (tertiary/aromatic N) is 2. The Balaban J connectivity index is 1.73. The molecule has 3 rings (SSSR count). The highest BCUT2D eigenvalue weighted by atomic mass is 16.5. The van der Waals surface area contributed by atoms with Crippen LogP contribution >= 0.6 is 0 Å². The summed E-state index contributed by atoms with van der Waals surface area (Å²) >= 11 is 0. The van der Waals surface area contributed by atoms with Crippen LogP contribution in [0.3, 0.4) is 0 Å². The first-order valence-corrected chi connectivity index (χ1v) is 7.70. The van der Waals surface area contributed by atoms with Gasteiger partial charge in [0.15, 0.2) is 0 Å². The van der Waals surface area contributed by atoms with Crippen LogP contribution in [0.4, 0.5) is 5.69 Å². The second-order valence-corrected chi connectivity index (χ2v) is 5.67. The lowest BCUT2D eigenvalue weighted by atomic mass is 9.89. The standard InChI is InChI=1S/C19H20N2O/c1-22-18-7-8-19(17(13-18)14-20)21-11-9-16(10-12-21)15-5-3-2-4-6-15/h2-8,13,16H,9-12H2,1H3. The molecule has 0 spiro atoms. The van der Waals surface area contributed by atoms with E-state index in [1.807, 2.05) is 18.2 Å². The largest absolute Gasteiger partial charge is 0.497 e. The molecule has 0 N–H and O–H groups in total. The summed E-state index contributed by atoms with van der Waals surface area (Å²) in [5, 5.41) is 9.37. The maximum atomic E-state index is 9.37. The molecule has 22 heavy (non-hydrogen) atoms. The molecule has 0 aromatic heterocycles. The van der Waals surface area contributed by atoms with Crippen LogP contribution in [0.5, 0.6) is 5.75 Å². The molecule has 0 unspecified atom stereocenters. The number of anilines is 1. The van der Waals surface area contributed by atoms with E-state index in [1.54, 1.807) is 7.11 Å². The number of methoxy groups -OCH3 is 1. The summed E-state index contributed by atoms with van der Waals surface area (Å²) in [7, 11) is 1.63.